The molecule has 1 aromatic carbocycles. The van der Waals surface area contributed by atoms with Gasteiger partial charge < -0.3 is 10.2 Å². The Morgan fingerprint density at radius 1 is 1.41 bits per heavy atom. The summed E-state index contributed by atoms with van der Waals surface area (Å²) in [6.45, 7) is 5.04. The monoisotopic (exact) mass is 301 g/mol. The molecule has 0 unspecified atom stereocenters. The van der Waals surface area contributed by atoms with Crippen molar-refractivity contribution in [3.8, 4) is 0 Å². The van der Waals surface area contributed by atoms with Gasteiger partial charge in [-0.1, -0.05) is 42.4 Å². The standard InChI is InChI=1S/C17H23N3O2/c1-2-20-10-6-9-14(20)12-18-17(21)15-11-16(22-19-15)13-7-4-3-5-8-13/h3-5,7-8,14,16H,2,6,9-12H2,1H3,(H,18,21)/t14-,16-/m0/s1. The summed E-state index contributed by atoms with van der Waals surface area (Å²) in [6.07, 6.45) is 2.77. The minimum atomic E-state index is -0.138. The first-order valence-corrected chi connectivity index (χ1v) is 8.07. The lowest BCUT2D eigenvalue weighted by Crippen LogP contribution is -2.42. The predicted octanol–water partition coefficient (Wildman–Crippen LogP) is 2.10. The first-order valence-electron chi connectivity index (χ1n) is 8.07. The van der Waals surface area contributed by atoms with E-state index in [2.05, 4.69) is 22.3 Å². The van der Waals surface area contributed by atoms with Gasteiger partial charge in [0.05, 0.1) is 0 Å². The Hall–Kier alpha value is -1.88. The molecule has 2 aliphatic heterocycles. The molecule has 22 heavy (non-hydrogen) atoms. The molecule has 1 amide bonds. The van der Waals surface area contributed by atoms with Gasteiger partial charge in [-0.05, 0) is 31.5 Å². The number of likely N-dealkylation sites (N-methyl/N-ethyl adjacent to an activating group) is 1. The molecule has 1 N–H and O–H groups in total. The van der Waals surface area contributed by atoms with Crippen LogP contribution in [0, 0.1) is 0 Å². The number of nitrogens with zero attached hydrogens (tertiary/aromatic N) is 2. The van der Waals surface area contributed by atoms with Crippen LogP contribution in [0.5, 0.6) is 0 Å². The summed E-state index contributed by atoms with van der Waals surface area (Å²) in [6, 6.07) is 10.4. The molecule has 2 heterocycles. The molecular weight excluding hydrogens is 278 g/mol. The van der Waals surface area contributed by atoms with E-state index in [4.69, 9.17) is 4.84 Å². The Kier molecular flexibility index (Phi) is 4.73. The van der Waals surface area contributed by atoms with Crippen molar-refractivity contribution >= 4 is 11.6 Å². The molecule has 5 heteroatoms. The summed E-state index contributed by atoms with van der Waals surface area (Å²) >= 11 is 0. The van der Waals surface area contributed by atoms with Crippen molar-refractivity contribution in [2.24, 2.45) is 5.16 Å². The molecule has 0 bridgehead atoms. The molecule has 3 rings (SSSR count). The molecule has 0 saturated carbocycles. The van der Waals surface area contributed by atoms with Crippen molar-refractivity contribution < 1.29 is 9.63 Å². The minimum absolute atomic E-state index is 0.0959. The Bertz CT molecular complexity index is 544. The van der Waals surface area contributed by atoms with Gasteiger partial charge in [-0.2, -0.15) is 0 Å². The van der Waals surface area contributed by atoms with Gasteiger partial charge in [-0.3, -0.25) is 9.69 Å². The lowest BCUT2D eigenvalue weighted by Gasteiger charge is -2.22. The van der Waals surface area contributed by atoms with E-state index in [0.29, 0.717) is 24.7 Å². The quantitative estimate of drug-likeness (QED) is 0.906. The van der Waals surface area contributed by atoms with E-state index in [-0.39, 0.29) is 12.0 Å². The van der Waals surface area contributed by atoms with E-state index in [0.717, 1.165) is 25.1 Å². The second kappa shape index (κ2) is 6.92. The SMILES string of the molecule is CCN1CCC[C@H]1CNC(=O)C1=NO[C@H](c2ccccc2)C1. The average molecular weight is 301 g/mol. The van der Waals surface area contributed by atoms with Crippen molar-refractivity contribution in [3.05, 3.63) is 35.9 Å². The third kappa shape index (κ3) is 3.30. The fraction of sp³-hybridized carbons (Fsp3) is 0.529. The molecule has 2 aliphatic rings. The summed E-state index contributed by atoms with van der Waals surface area (Å²) in [5, 5.41) is 6.98. The zero-order chi connectivity index (χ0) is 15.4. The highest BCUT2D eigenvalue weighted by Crippen LogP contribution is 2.26. The predicted molar refractivity (Wildman–Crippen MR) is 85.6 cm³/mol. The van der Waals surface area contributed by atoms with Crippen LogP contribution in [0.3, 0.4) is 0 Å². The Labute approximate surface area is 131 Å². The van der Waals surface area contributed by atoms with Gasteiger partial charge in [-0.25, -0.2) is 0 Å². The number of oxime groups is 1. The smallest absolute Gasteiger partial charge is 0.269 e. The van der Waals surface area contributed by atoms with Crippen LogP contribution >= 0.6 is 0 Å². The molecular formula is C17H23N3O2. The maximum atomic E-state index is 12.2. The molecule has 1 aromatic rings. The lowest BCUT2D eigenvalue weighted by molar-refractivity contribution is -0.115. The number of benzene rings is 1. The van der Waals surface area contributed by atoms with Crippen LogP contribution in [0.4, 0.5) is 0 Å². The van der Waals surface area contributed by atoms with Crippen molar-refractivity contribution in [1.29, 1.82) is 0 Å². The van der Waals surface area contributed by atoms with E-state index >= 15 is 0 Å². The molecule has 5 nitrogen and oxygen atoms in total. The van der Waals surface area contributed by atoms with Crippen LogP contribution < -0.4 is 5.32 Å². The van der Waals surface area contributed by atoms with Crippen molar-refractivity contribution in [2.75, 3.05) is 19.6 Å². The highest BCUT2D eigenvalue weighted by Gasteiger charge is 2.28. The third-order valence-corrected chi connectivity index (χ3v) is 4.51. The highest BCUT2D eigenvalue weighted by molar-refractivity contribution is 6.39. The van der Waals surface area contributed by atoms with E-state index < -0.39 is 0 Å². The van der Waals surface area contributed by atoms with Gasteiger partial charge >= 0.3 is 0 Å². The van der Waals surface area contributed by atoms with E-state index in [9.17, 15) is 4.79 Å². The highest BCUT2D eigenvalue weighted by atomic mass is 16.6. The van der Waals surface area contributed by atoms with Gasteiger partial charge in [0.25, 0.3) is 5.91 Å². The molecule has 0 radical (unpaired) electrons. The lowest BCUT2D eigenvalue weighted by atomic mass is 10.0. The van der Waals surface area contributed by atoms with Gasteiger partial charge in [-0.15, -0.1) is 0 Å². The van der Waals surface area contributed by atoms with Crippen LogP contribution in [0.25, 0.3) is 0 Å². The second-order valence-electron chi connectivity index (χ2n) is 5.88. The number of carbonyl (C=O) groups is 1. The topological polar surface area (TPSA) is 53.9 Å². The van der Waals surface area contributed by atoms with Gasteiger partial charge in [0, 0.05) is 19.0 Å². The van der Waals surface area contributed by atoms with Crippen LogP contribution in [-0.2, 0) is 9.63 Å². The Morgan fingerprint density at radius 3 is 3.00 bits per heavy atom. The number of hydrogen-bond donors (Lipinski definition) is 1. The van der Waals surface area contributed by atoms with Gasteiger partial charge in [0.15, 0.2) is 6.10 Å². The Balaban J connectivity index is 1.49. The average Bonchev–Trinajstić information content (AvgIpc) is 3.22. The maximum absolute atomic E-state index is 12.2. The molecule has 0 aliphatic carbocycles. The molecule has 0 aromatic heterocycles. The molecule has 2 atom stereocenters. The normalized spacial score (nSPS) is 24.9. The summed E-state index contributed by atoms with van der Waals surface area (Å²) in [4.78, 5) is 20.1. The fourth-order valence-electron chi connectivity index (χ4n) is 3.21. The number of likely N-dealkylation sites (tertiary alicyclic amines) is 1. The summed E-state index contributed by atoms with van der Waals surface area (Å²) < 4.78 is 0. The van der Waals surface area contributed by atoms with Crippen molar-refractivity contribution in [2.45, 2.75) is 38.3 Å². The number of rotatable bonds is 5. The maximum Gasteiger partial charge on any atom is 0.269 e. The first-order chi connectivity index (χ1) is 10.8. The zero-order valence-corrected chi connectivity index (χ0v) is 13.0. The second-order valence-corrected chi connectivity index (χ2v) is 5.88. The minimum Gasteiger partial charge on any atom is -0.387 e. The third-order valence-electron chi connectivity index (χ3n) is 4.51. The van der Waals surface area contributed by atoms with E-state index in [1.54, 1.807) is 0 Å². The van der Waals surface area contributed by atoms with Gasteiger partial charge in [0.1, 0.15) is 5.71 Å². The number of nitrogens with one attached hydrogen (secondary N) is 1. The number of amides is 1. The fourth-order valence-corrected chi connectivity index (χ4v) is 3.21. The summed E-state index contributed by atoms with van der Waals surface area (Å²) in [7, 11) is 0. The van der Waals surface area contributed by atoms with E-state index in [1.807, 2.05) is 30.3 Å². The van der Waals surface area contributed by atoms with Crippen LogP contribution in [0.1, 0.15) is 37.9 Å². The molecule has 1 saturated heterocycles. The first kappa shape index (κ1) is 15.0. The largest absolute Gasteiger partial charge is 0.387 e. The van der Waals surface area contributed by atoms with Crippen molar-refractivity contribution in [1.82, 2.24) is 10.2 Å². The van der Waals surface area contributed by atoms with Gasteiger partial charge in [0.2, 0.25) is 0 Å². The zero-order valence-electron chi connectivity index (χ0n) is 13.0. The van der Waals surface area contributed by atoms with Crippen LogP contribution in [0.2, 0.25) is 0 Å². The molecule has 0 spiro atoms. The van der Waals surface area contributed by atoms with Crippen molar-refractivity contribution in [3.63, 3.8) is 0 Å². The van der Waals surface area contributed by atoms with E-state index in [1.165, 1.54) is 6.42 Å². The molecule has 1 fully saturated rings. The van der Waals surface area contributed by atoms with Crippen LogP contribution in [-0.4, -0.2) is 42.2 Å². The Morgan fingerprint density at radius 2 is 2.23 bits per heavy atom. The summed E-state index contributed by atoms with van der Waals surface area (Å²) in [5.41, 5.74) is 1.55. The summed E-state index contributed by atoms with van der Waals surface area (Å²) in [5.74, 6) is -0.0959. The number of hydrogen-bond acceptors (Lipinski definition) is 4. The van der Waals surface area contributed by atoms with Crippen LogP contribution in [0.15, 0.2) is 35.5 Å². The molecule has 118 valence electrons. The number of carbonyl (C=O) groups excluding carboxylic acids is 1.